The van der Waals surface area contributed by atoms with Gasteiger partial charge in [0.15, 0.2) is 0 Å². The number of ether oxygens (including phenoxy) is 1. The van der Waals surface area contributed by atoms with Gasteiger partial charge in [-0.3, -0.25) is 0 Å². The van der Waals surface area contributed by atoms with E-state index in [9.17, 15) is 4.79 Å². The van der Waals surface area contributed by atoms with Gasteiger partial charge in [-0.15, -0.1) is 0 Å². The van der Waals surface area contributed by atoms with E-state index in [1.165, 1.54) is 4.90 Å². The van der Waals surface area contributed by atoms with Gasteiger partial charge >= 0.3 is 6.09 Å². The number of nitrogens with zero attached hydrogens (tertiary/aromatic N) is 2. The maximum Gasteiger partial charge on any atom is 0.420 e. The topological polar surface area (TPSA) is 42.4 Å². The van der Waals surface area contributed by atoms with Crippen molar-refractivity contribution in [3.8, 4) is 0 Å². The summed E-state index contributed by atoms with van der Waals surface area (Å²) in [6, 6.07) is 9.14. The van der Waals surface area contributed by atoms with Crippen LogP contribution in [0.2, 0.25) is 5.02 Å². The Morgan fingerprint density at radius 3 is 2.52 bits per heavy atom. The Kier molecular flexibility index (Phi) is 4.95. The Morgan fingerprint density at radius 2 is 1.91 bits per heavy atom. The molecule has 0 spiro atoms. The first kappa shape index (κ1) is 17.3. The van der Waals surface area contributed by atoms with Crippen molar-refractivity contribution >= 4 is 29.2 Å². The van der Waals surface area contributed by atoms with Gasteiger partial charge in [-0.2, -0.15) is 0 Å². The molecule has 0 unspecified atom stereocenters. The zero-order valence-electron chi connectivity index (χ0n) is 14.1. The number of halogens is 1. The van der Waals surface area contributed by atoms with Crippen LogP contribution in [0, 0.1) is 13.8 Å². The maximum atomic E-state index is 12.8. The fourth-order valence-electron chi connectivity index (χ4n) is 2.10. The van der Waals surface area contributed by atoms with Crippen LogP contribution in [0.15, 0.2) is 36.5 Å². The van der Waals surface area contributed by atoms with E-state index >= 15 is 0 Å². The molecule has 2 aromatic rings. The highest BCUT2D eigenvalue weighted by Gasteiger charge is 2.27. The molecule has 0 atom stereocenters. The molecular formula is C18H21ClN2O2. The second kappa shape index (κ2) is 6.59. The van der Waals surface area contributed by atoms with Gasteiger partial charge in [-0.1, -0.05) is 17.7 Å². The van der Waals surface area contributed by atoms with Crippen molar-refractivity contribution < 1.29 is 9.53 Å². The lowest BCUT2D eigenvalue weighted by atomic mass is 10.1. The Labute approximate surface area is 142 Å². The predicted molar refractivity (Wildman–Crippen MR) is 93.5 cm³/mol. The van der Waals surface area contributed by atoms with Crippen LogP contribution < -0.4 is 4.90 Å². The Balaban J connectivity index is 2.56. The molecule has 122 valence electrons. The fraction of sp³-hybridized carbons (Fsp3) is 0.333. The smallest absolute Gasteiger partial charge is 0.420 e. The number of hydrogen-bond acceptors (Lipinski definition) is 3. The van der Waals surface area contributed by atoms with Crippen LogP contribution in [0.25, 0.3) is 0 Å². The predicted octanol–water partition coefficient (Wildman–Crippen LogP) is 5.43. The third kappa shape index (κ3) is 4.23. The molecule has 1 aromatic carbocycles. The highest BCUT2D eigenvalue weighted by Crippen LogP contribution is 2.32. The highest BCUT2D eigenvalue weighted by molar-refractivity contribution is 6.31. The Bertz CT molecular complexity index is 723. The van der Waals surface area contributed by atoms with Crippen LogP contribution >= 0.6 is 11.6 Å². The Hall–Kier alpha value is -2.07. The van der Waals surface area contributed by atoms with Crippen molar-refractivity contribution in [1.29, 1.82) is 0 Å². The van der Waals surface area contributed by atoms with Gasteiger partial charge in [0, 0.05) is 11.2 Å². The molecule has 2 rings (SSSR count). The van der Waals surface area contributed by atoms with Gasteiger partial charge < -0.3 is 4.74 Å². The van der Waals surface area contributed by atoms with Gasteiger partial charge in [0.05, 0.1) is 5.69 Å². The van der Waals surface area contributed by atoms with E-state index in [1.54, 1.807) is 18.3 Å². The number of benzene rings is 1. The van der Waals surface area contributed by atoms with E-state index in [-0.39, 0.29) is 0 Å². The van der Waals surface area contributed by atoms with Gasteiger partial charge in [0.25, 0.3) is 0 Å². The summed E-state index contributed by atoms with van der Waals surface area (Å²) in [4.78, 5) is 18.5. The Morgan fingerprint density at radius 1 is 1.22 bits per heavy atom. The quantitative estimate of drug-likeness (QED) is 0.736. The molecule has 5 heteroatoms. The minimum atomic E-state index is -0.606. The van der Waals surface area contributed by atoms with Crippen LogP contribution in [0.3, 0.4) is 0 Å². The summed E-state index contributed by atoms with van der Waals surface area (Å²) in [7, 11) is 0. The minimum absolute atomic E-state index is 0.485. The van der Waals surface area contributed by atoms with Gasteiger partial charge in [0.1, 0.15) is 11.4 Å². The van der Waals surface area contributed by atoms with E-state index in [0.717, 1.165) is 11.1 Å². The van der Waals surface area contributed by atoms with E-state index in [2.05, 4.69) is 4.98 Å². The van der Waals surface area contributed by atoms with Crippen LogP contribution in [0.4, 0.5) is 16.3 Å². The molecule has 0 bridgehead atoms. The van der Waals surface area contributed by atoms with Gasteiger partial charge in [-0.05, 0) is 70.0 Å². The number of carbonyl (C=O) groups excluding carboxylic acids is 1. The molecule has 1 amide bonds. The molecule has 0 radical (unpaired) electrons. The minimum Gasteiger partial charge on any atom is -0.443 e. The molecule has 0 fully saturated rings. The summed E-state index contributed by atoms with van der Waals surface area (Å²) in [5.41, 5.74) is 1.85. The average Bonchev–Trinajstić information content (AvgIpc) is 2.42. The van der Waals surface area contributed by atoms with E-state index < -0.39 is 11.7 Å². The van der Waals surface area contributed by atoms with Crippen molar-refractivity contribution in [1.82, 2.24) is 4.98 Å². The molecule has 0 saturated carbocycles. The molecule has 1 aromatic heterocycles. The standard InChI is InChI=1S/C18H21ClN2O2/c1-12-9-10-20-16(11-12)21(17(22)23-18(3,4)5)15-8-6-7-14(19)13(15)2/h6-11H,1-5H3. The van der Waals surface area contributed by atoms with Crippen LogP contribution in [0.5, 0.6) is 0 Å². The third-order valence-corrected chi connectivity index (χ3v) is 3.60. The number of pyridine rings is 1. The first-order chi connectivity index (χ1) is 10.7. The number of aromatic nitrogens is 1. The van der Waals surface area contributed by atoms with Crippen LogP contribution in [0.1, 0.15) is 31.9 Å². The summed E-state index contributed by atoms with van der Waals surface area (Å²) < 4.78 is 5.55. The largest absolute Gasteiger partial charge is 0.443 e. The van der Waals surface area contributed by atoms with E-state index in [0.29, 0.717) is 16.5 Å². The molecular weight excluding hydrogens is 312 g/mol. The monoisotopic (exact) mass is 332 g/mol. The second-order valence-electron chi connectivity index (χ2n) is 6.39. The van der Waals surface area contributed by atoms with E-state index in [4.69, 9.17) is 16.3 Å². The number of rotatable bonds is 2. The molecule has 4 nitrogen and oxygen atoms in total. The SMILES string of the molecule is Cc1ccnc(N(C(=O)OC(C)(C)C)c2cccc(Cl)c2C)c1. The maximum absolute atomic E-state index is 12.8. The number of hydrogen-bond donors (Lipinski definition) is 0. The number of anilines is 2. The van der Waals surface area contributed by atoms with Crippen molar-refractivity contribution in [3.05, 3.63) is 52.7 Å². The highest BCUT2D eigenvalue weighted by atomic mass is 35.5. The summed E-state index contributed by atoms with van der Waals surface area (Å²) in [5, 5.41) is 0.587. The second-order valence-corrected chi connectivity index (χ2v) is 6.80. The molecule has 0 saturated heterocycles. The third-order valence-electron chi connectivity index (χ3n) is 3.19. The van der Waals surface area contributed by atoms with Gasteiger partial charge in [-0.25, -0.2) is 14.7 Å². The number of amides is 1. The number of carbonyl (C=O) groups is 1. The van der Waals surface area contributed by atoms with Crippen LogP contribution in [-0.2, 0) is 4.74 Å². The first-order valence-electron chi connectivity index (χ1n) is 7.40. The zero-order chi connectivity index (χ0) is 17.2. The lowest BCUT2D eigenvalue weighted by Gasteiger charge is -2.28. The molecule has 0 aliphatic heterocycles. The fourth-order valence-corrected chi connectivity index (χ4v) is 2.27. The van der Waals surface area contributed by atoms with Crippen molar-refractivity contribution in [2.45, 2.75) is 40.2 Å². The summed E-state index contributed by atoms with van der Waals surface area (Å²) >= 11 is 6.22. The summed E-state index contributed by atoms with van der Waals surface area (Å²) in [6.07, 6.45) is 1.18. The summed E-state index contributed by atoms with van der Waals surface area (Å²) in [6.45, 7) is 9.31. The van der Waals surface area contributed by atoms with Crippen LogP contribution in [-0.4, -0.2) is 16.7 Å². The van der Waals surface area contributed by atoms with Crippen molar-refractivity contribution in [2.75, 3.05) is 4.90 Å². The first-order valence-corrected chi connectivity index (χ1v) is 7.78. The molecule has 0 N–H and O–H groups in total. The van der Waals surface area contributed by atoms with E-state index in [1.807, 2.05) is 52.8 Å². The van der Waals surface area contributed by atoms with Gasteiger partial charge in [0.2, 0.25) is 0 Å². The molecule has 0 aliphatic carbocycles. The molecule has 1 heterocycles. The van der Waals surface area contributed by atoms with Crippen molar-refractivity contribution in [3.63, 3.8) is 0 Å². The number of aryl methyl sites for hydroxylation is 1. The lowest BCUT2D eigenvalue weighted by Crippen LogP contribution is -2.34. The average molecular weight is 333 g/mol. The summed E-state index contributed by atoms with van der Waals surface area (Å²) in [5.74, 6) is 0.504. The normalized spacial score (nSPS) is 11.2. The lowest BCUT2D eigenvalue weighted by molar-refractivity contribution is 0.0598. The zero-order valence-corrected chi connectivity index (χ0v) is 14.8. The molecule has 0 aliphatic rings. The molecule has 23 heavy (non-hydrogen) atoms. The van der Waals surface area contributed by atoms with Crippen molar-refractivity contribution in [2.24, 2.45) is 0 Å².